The fourth-order valence-corrected chi connectivity index (χ4v) is 1.53. The Morgan fingerprint density at radius 3 is 2.00 bits per heavy atom. The van der Waals surface area contributed by atoms with Crippen molar-refractivity contribution in [3.8, 4) is 0 Å². The lowest BCUT2D eigenvalue weighted by Gasteiger charge is -2.09. The second kappa shape index (κ2) is 5.48. The van der Waals surface area contributed by atoms with E-state index >= 15 is 0 Å². The molecule has 0 saturated heterocycles. The van der Waals surface area contributed by atoms with Gasteiger partial charge in [-0.25, -0.2) is 0 Å². The number of benzene rings is 1. The van der Waals surface area contributed by atoms with Crippen molar-refractivity contribution in [2.45, 2.75) is 26.2 Å². The highest BCUT2D eigenvalue weighted by molar-refractivity contribution is 5.75. The second-order valence-corrected chi connectivity index (χ2v) is 4.24. The van der Waals surface area contributed by atoms with E-state index in [2.05, 4.69) is 0 Å². The summed E-state index contributed by atoms with van der Waals surface area (Å²) in [5, 5.41) is 17.6. The molecule has 0 aliphatic carbocycles. The third-order valence-electron chi connectivity index (χ3n) is 2.81. The summed E-state index contributed by atoms with van der Waals surface area (Å²) in [5.74, 6) is -2.66. The number of carboxylic acids is 2. The molecular formula is C13H16O4. The van der Waals surface area contributed by atoms with E-state index in [1.54, 1.807) is 38.1 Å². The van der Waals surface area contributed by atoms with Crippen LogP contribution in [0.15, 0.2) is 24.3 Å². The monoisotopic (exact) mass is 236 g/mol. The fraction of sp³-hybridized carbons (Fsp3) is 0.385. The summed E-state index contributed by atoms with van der Waals surface area (Å²) < 4.78 is 0. The highest BCUT2D eigenvalue weighted by Crippen LogP contribution is 2.17. The molecule has 92 valence electrons. The molecule has 0 aliphatic heterocycles. The van der Waals surface area contributed by atoms with Crippen LogP contribution in [0.5, 0.6) is 0 Å². The molecule has 1 rings (SSSR count). The molecule has 0 unspecified atom stereocenters. The van der Waals surface area contributed by atoms with E-state index in [1.165, 1.54) is 0 Å². The molecule has 1 aromatic rings. The molecule has 1 aromatic carbocycles. The SMILES string of the molecule is C[C@H](C(=O)O)c1ccc(C[C@H](C)C(=O)O)cc1. The van der Waals surface area contributed by atoms with Crippen LogP contribution in [0.2, 0.25) is 0 Å². The normalized spacial score (nSPS) is 14.0. The molecule has 4 heteroatoms. The number of hydrogen-bond acceptors (Lipinski definition) is 2. The van der Waals surface area contributed by atoms with Gasteiger partial charge in [-0.2, -0.15) is 0 Å². The van der Waals surface area contributed by atoms with E-state index in [4.69, 9.17) is 10.2 Å². The lowest BCUT2D eigenvalue weighted by molar-refractivity contribution is -0.141. The summed E-state index contributed by atoms with van der Waals surface area (Å²) in [6.07, 6.45) is 0.455. The van der Waals surface area contributed by atoms with Gasteiger partial charge in [0.2, 0.25) is 0 Å². The van der Waals surface area contributed by atoms with E-state index in [1.807, 2.05) is 0 Å². The first-order valence-corrected chi connectivity index (χ1v) is 5.46. The molecule has 0 fully saturated rings. The summed E-state index contributed by atoms with van der Waals surface area (Å²) >= 11 is 0. The smallest absolute Gasteiger partial charge is 0.310 e. The molecule has 2 atom stereocenters. The summed E-state index contributed by atoms with van der Waals surface area (Å²) in [5.41, 5.74) is 1.63. The van der Waals surface area contributed by atoms with Crippen molar-refractivity contribution in [2.75, 3.05) is 0 Å². The summed E-state index contributed by atoms with van der Waals surface area (Å²) in [6.45, 7) is 3.27. The molecule has 4 nitrogen and oxygen atoms in total. The predicted molar refractivity (Wildman–Crippen MR) is 63.0 cm³/mol. The number of aliphatic carboxylic acids is 2. The summed E-state index contributed by atoms with van der Waals surface area (Å²) in [4.78, 5) is 21.5. The van der Waals surface area contributed by atoms with Gasteiger partial charge in [-0.05, 0) is 24.5 Å². The average molecular weight is 236 g/mol. The number of carbonyl (C=O) groups is 2. The minimum absolute atomic E-state index is 0.433. The zero-order valence-electron chi connectivity index (χ0n) is 9.88. The van der Waals surface area contributed by atoms with E-state index in [9.17, 15) is 9.59 Å². The Morgan fingerprint density at radius 1 is 1.06 bits per heavy atom. The molecule has 17 heavy (non-hydrogen) atoms. The fourth-order valence-electron chi connectivity index (χ4n) is 1.53. The Balaban J connectivity index is 2.75. The molecule has 0 aromatic heterocycles. The lowest BCUT2D eigenvalue weighted by atomic mass is 9.96. The highest BCUT2D eigenvalue weighted by Gasteiger charge is 2.14. The molecule has 0 bridgehead atoms. The Kier molecular flexibility index (Phi) is 4.26. The van der Waals surface area contributed by atoms with Crippen molar-refractivity contribution < 1.29 is 19.8 Å². The molecule has 0 radical (unpaired) electrons. The van der Waals surface area contributed by atoms with Crippen LogP contribution in [0, 0.1) is 5.92 Å². The predicted octanol–water partition coefficient (Wildman–Crippen LogP) is 2.14. The number of hydrogen-bond donors (Lipinski definition) is 2. The van der Waals surface area contributed by atoms with Crippen molar-refractivity contribution in [2.24, 2.45) is 5.92 Å². The second-order valence-electron chi connectivity index (χ2n) is 4.24. The Labute approximate surface area is 99.9 Å². The molecule has 0 amide bonds. The van der Waals surface area contributed by atoms with Gasteiger partial charge in [-0.1, -0.05) is 31.2 Å². The third-order valence-corrected chi connectivity index (χ3v) is 2.81. The van der Waals surface area contributed by atoms with E-state index in [0.717, 1.165) is 11.1 Å². The quantitative estimate of drug-likeness (QED) is 0.821. The Morgan fingerprint density at radius 2 is 1.59 bits per heavy atom. The van der Waals surface area contributed by atoms with Crippen LogP contribution >= 0.6 is 0 Å². The highest BCUT2D eigenvalue weighted by atomic mass is 16.4. The van der Waals surface area contributed by atoms with Crippen LogP contribution < -0.4 is 0 Å². The van der Waals surface area contributed by atoms with Crippen LogP contribution in [0.1, 0.15) is 30.9 Å². The largest absolute Gasteiger partial charge is 0.481 e. The molecule has 2 N–H and O–H groups in total. The molecule has 0 aliphatic rings. The van der Waals surface area contributed by atoms with Crippen molar-refractivity contribution in [1.82, 2.24) is 0 Å². The van der Waals surface area contributed by atoms with Gasteiger partial charge in [0.1, 0.15) is 0 Å². The maximum Gasteiger partial charge on any atom is 0.310 e. The first kappa shape index (κ1) is 13.2. The van der Waals surface area contributed by atoms with Gasteiger partial charge in [0, 0.05) is 0 Å². The van der Waals surface area contributed by atoms with Crippen molar-refractivity contribution in [1.29, 1.82) is 0 Å². The Bertz CT molecular complexity index is 408. The minimum Gasteiger partial charge on any atom is -0.481 e. The Hall–Kier alpha value is -1.84. The average Bonchev–Trinajstić information content (AvgIpc) is 2.28. The van der Waals surface area contributed by atoms with E-state index < -0.39 is 23.8 Å². The molecular weight excluding hydrogens is 220 g/mol. The summed E-state index contributed by atoms with van der Waals surface area (Å²) in [7, 11) is 0. The molecule has 0 heterocycles. The first-order chi connectivity index (χ1) is 7.91. The van der Waals surface area contributed by atoms with Gasteiger partial charge >= 0.3 is 11.9 Å². The number of carboxylic acid groups (broad SMARTS) is 2. The zero-order valence-corrected chi connectivity index (χ0v) is 9.88. The zero-order chi connectivity index (χ0) is 13.0. The van der Waals surface area contributed by atoms with Gasteiger partial charge in [0.25, 0.3) is 0 Å². The minimum atomic E-state index is -0.864. The van der Waals surface area contributed by atoms with Crippen LogP contribution in [0.4, 0.5) is 0 Å². The third kappa shape index (κ3) is 3.59. The topological polar surface area (TPSA) is 74.6 Å². The van der Waals surface area contributed by atoms with Gasteiger partial charge in [0.05, 0.1) is 11.8 Å². The van der Waals surface area contributed by atoms with Gasteiger partial charge in [-0.3, -0.25) is 9.59 Å². The lowest BCUT2D eigenvalue weighted by Crippen LogP contribution is -2.12. The van der Waals surface area contributed by atoms with E-state index in [-0.39, 0.29) is 0 Å². The first-order valence-electron chi connectivity index (χ1n) is 5.46. The number of rotatable bonds is 5. The molecule has 0 spiro atoms. The van der Waals surface area contributed by atoms with Crippen molar-refractivity contribution >= 4 is 11.9 Å². The van der Waals surface area contributed by atoms with Gasteiger partial charge in [0.15, 0.2) is 0 Å². The van der Waals surface area contributed by atoms with Crippen LogP contribution in [-0.4, -0.2) is 22.2 Å². The van der Waals surface area contributed by atoms with Crippen molar-refractivity contribution in [3.05, 3.63) is 35.4 Å². The maximum atomic E-state index is 10.8. The van der Waals surface area contributed by atoms with Gasteiger partial charge < -0.3 is 10.2 Å². The standard InChI is InChI=1S/C13H16O4/c1-8(12(14)15)7-10-3-5-11(6-4-10)9(2)13(16)17/h3-6,8-9H,7H2,1-2H3,(H,14,15)(H,16,17)/t8-,9-/m0/s1. The summed E-state index contributed by atoms with van der Waals surface area (Å²) in [6, 6.07) is 7.05. The van der Waals surface area contributed by atoms with Gasteiger partial charge in [-0.15, -0.1) is 0 Å². The molecule has 0 saturated carbocycles. The van der Waals surface area contributed by atoms with Crippen LogP contribution in [0.3, 0.4) is 0 Å². The maximum absolute atomic E-state index is 10.8. The van der Waals surface area contributed by atoms with Crippen LogP contribution in [-0.2, 0) is 16.0 Å². The van der Waals surface area contributed by atoms with E-state index in [0.29, 0.717) is 6.42 Å². The van der Waals surface area contributed by atoms with Crippen molar-refractivity contribution in [3.63, 3.8) is 0 Å². The van der Waals surface area contributed by atoms with Crippen LogP contribution in [0.25, 0.3) is 0 Å².